The number of rotatable bonds is 1. The maximum Gasteiger partial charge on any atom is 0.0622 e. The summed E-state index contributed by atoms with van der Waals surface area (Å²) in [5.41, 5.74) is 0. The molecule has 0 spiro atoms. The second-order valence-corrected chi connectivity index (χ2v) is 4.43. The molecular weight excluding hydrogens is 150 g/mol. The highest BCUT2D eigenvalue weighted by Crippen LogP contribution is 2.27. The number of hydrogen-bond acceptors (Lipinski definition) is 2. The van der Waals surface area contributed by atoms with Crippen LogP contribution in [0.15, 0.2) is 0 Å². The molecule has 12 heavy (non-hydrogen) atoms. The summed E-state index contributed by atoms with van der Waals surface area (Å²) < 4.78 is 5.62. The van der Waals surface area contributed by atoms with Crippen molar-refractivity contribution in [3.8, 4) is 0 Å². The molecule has 0 aromatic heterocycles. The quantitative estimate of drug-likeness (QED) is 0.590. The van der Waals surface area contributed by atoms with Gasteiger partial charge in [0.15, 0.2) is 0 Å². The Morgan fingerprint density at radius 2 is 2.08 bits per heavy atom. The maximum atomic E-state index is 5.62. The molecule has 2 bridgehead atoms. The van der Waals surface area contributed by atoms with Crippen LogP contribution >= 0.6 is 0 Å². The van der Waals surface area contributed by atoms with Crippen molar-refractivity contribution in [1.82, 2.24) is 4.90 Å². The van der Waals surface area contributed by atoms with Gasteiger partial charge in [0.25, 0.3) is 0 Å². The van der Waals surface area contributed by atoms with Gasteiger partial charge in [-0.25, -0.2) is 0 Å². The van der Waals surface area contributed by atoms with E-state index in [4.69, 9.17) is 4.74 Å². The molecule has 0 amide bonds. The third kappa shape index (κ3) is 1.50. The molecule has 3 aliphatic heterocycles. The molecule has 0 N–H and O–H groups in total. The molecule has 70 valence electrons. The first-order chi connectivity index (χ1) is 5.77. The van der Waals surface area contributed by atoms with Crippen molar-refractivity contribution >= 4 is 0 Å². The van der Waals surface area contributed by atoms with Crippen LogP contribution in [0.4, 0.5) is 0 Å². The number of hydrogen-bond donors (Lipinski definition) is 0. The SMILES string of the molecule is CC(C)N1CC2CC[C@@H]1COC2. The number of ether oxygens (including phenoxy) is 1. The van der Waals surface area contributed by atoms with Crippen LogP contribution in [0, 0.1) is 5.92 Å². The first-order valence-corrected chi connectivity index (χ1v) is 5.11. The minimum Gasteiger partial charge on any atom is -0.379 e. The topological polar surface area (TPSA) is 12.5 Å². The summed E-state index contributed by atoms with van der Waals surface area (Å²) in [6.07, 6.45) is 2.73. The minimum absolute atomic E-state index is 0.694. The van der Waals surface area contributed by atoms with Gasteiger partial charge in [0, 0.05) is 18.6 Å². The predicted octanol–water partition coefficient (Wildman–Crippen LogP) is 1.51. The van der Waals surface area contributed by atoms with E-state index in [2.05, 4.69) is 18.7 Å². The molecule has 2 heteroatoms. The molecule has 3 heterocycles. The summed E-state index contributed by atoms with van der Waals surface area (Å²) >= 11 is 0. The predicted molar refractivity (Wildman–Crippen MR) is 49.2 cm³/mol. The zero-order valence-corrected chi connectivity index (χ0v) is 8.12. The molecule has 3 saturated heterocycles. The first-order valence-electron chi connectivity index (χ1n) is 5.11. The van der Waals surface area contributed by atoms with Gasteiger partial charge in [-0.1, -0.05) is 0 Å². The van der Waals surface area contributed by atoms with Crippen molar-refractivity contribution in [3.05, 3.63) is 0 Å². The summed E-state index contributed by atoms with van der Waals surface area (Å²) in [4.78, 5) is 2.61. The number of fused-ring (bicyclic) bond motifs is 4. The van der Waals surface area contributed by atoms with E-state index in [1.54, 1.807) is 0 Å². The average Bonchev–Trinajstić information content (AvgIpc) is 2.36. The molecule has 3 rings (SSSR count). The molecule has 0 saturated carbocycles. The van der Waals surface area contributed by atoms with Crippen molar-refractivity contribution in [2.75, 3.05) is 19.8 Å². The van der Waals surface area contributed by atoms with Gasteiger partial charge in [0.2, 0.25) is 0 Å². The first kappa shape index (κ1) is 8.52. The van der Waals surface area contributed by atoms with E-state index in [0.29, 0.717) is 12.1 Å². The van der Waals surface area contributed by atoms with Crippen molar-refractivity contribution in [2.45, 2.75) is 38.8 Å². The largest absolute Gasteiger partial charge is 0.379 e. The van der Waals surface area contributed by atoms with Crippen LogP contribution < -0.4 is 0 Å². The summed E-state index contributed by atoms with van der Waals surface area (Å²) in [6.45, 7) is 7.82. The van der Waals surface area contributed by atoms with Crippen LogP contribution in [-0.2, 0) is 4.74 Å². The highest BCUT2D eigenvalue weighted by Gasteiger charge is 2.32. The van der Waals surface area contributed by atoms with Gasteiger partial charge in [-0.05, 0) is 32.6 Å². The lowest BCUT2D eigenvalue weighted by Gasteiger charge is -2.38. The minimum atomic E-state index is 0.694. The normalized spacial score (nSPS) is 37.2. The highest BCUT2D eigenvalue weighted by atomic mass is 16.5. The molecule has 3 aliphatic rings. The van der Waals surface area contributed by atoms with E-state index in [1.807, 2.05) is 0 Å². The molecule has 0 aliphatic carbocycles. The van der Waals surface area contributed by atoms with Crippen LogP contribution in [0.3, 0.4) is 0 Å². The molecule has 2 nitrogen and oxygen atoms in total. The Morgan fingerprint density at radius 3 is 2.83 bits per heavy atom. The number of piperidine rings is 1. The second-order valence-electron chi connectivity index (χ2n) is 4.43. The summed E-state index contributed by atoms with van der Waals surface area (Å²) in [5.74, 6) is 0.811. The van der Waals surface area contributed by atoms with Gasteiger partial charge in [-0.2, -0.15) is 0 Å². The van der Waals surface area contributed by atoms with Crippen LogP contribution in [0.1, 0.15) is 26.7 Å². The van der Waals surface area contributed by atoms with Gasteiger partial charge in [-0.3, -0.25) is 4.90 Å². The van der Waals surface area contributed by atoms with E-state index < -0.39 is 0 Å². The summed E-state index contributed by atoms with van der Waals surface area (Å²) in [7, 11) is 0. The lowest BCUT2D eigenvalue weighted by Crippen LogP contribution is -2.46. The van der Waals surface area contributed by atoms with Crippen molar-refractivity contribution in [3.63, 3.8) is 0 Å². The second kappa shape index (κ2) is 3.35. The van der Waals surface area contributed by atoms with Gasteiger partial charge in [0.05, 0.1) is 13.2 Å². The smallest absolute Gasteiger partial charge is 0.0622 e. The van der Waals surface area contributed by atoms with E-state index in [-0.39, 0.29) is 0 Å². The van der Waals surface area contributed by atoms with Crippen LogP contribution in [0.5, 0.6) is 0 Å². The summed E-state index contributed by atoms with van der Waals surface area (Å²) in [5, 5.41) is 0. The van der Waals surface area contributed by atoms with Crippen molar-refractivity contribution < 1.29 is 4.74 Å². The van der Waals surface area contributed by atoms with Crippen molar-refractivity contribution in [2.24, 2.45) is 5.92 Å². The van der Waals surface area contributed by atoms with E-state index in [0.717, 1.165) is 19.1 Å². The van der Waals surface area contributed by atoms with E-state index >= 15 is 0 Å². The fraction of sp³-hybridized carbons (Fsp3) is 1.00. The van der Waals surface area contributed by atoms with E-state index in [9.17, 15) is 0 Å². The summed E-state index contributed by atoms with van der Waals surface area (Å²) in [6, 6.07) is 1.41. The number of nitrogens with zero attached hydrogens (tertiary/aromatic N) is 1. The van der Waals surface area contributed by atoms with Gasteiger partial charge in [-0.15, -0.1) is 0 Å². The molecule has 0 radical (unpaired) electrons. The van der Waals surface area contributed by atoms with Crippen LogP contribution in [-0.4, -0.2) is 36.7 Å². The van der Waals surface area contributed by atoms with Gasteiger partial charge < -0.3 is 4.74 Å². The Morgan fingerprint density at radius 1 is 1.25 bits per heavy atom. The standard InChI is InChI=1S/C10H19NO/c1-8(2)11-5-9-3-4-10(11)7-12-6-9/h8-10H,3-7H2,1-2H3/t9?,10-/m1/s1. The lowest BCUT2D eigenvalue weighted by atomic mass is 9.94. The van der Waals surface area contributed by atoms with Gasteiger partial charge >= 0.3 is 0 Å². The van der Waals surface area contributed by atoms with E-state index in [1.165, 1.54) is 19.4 Å². The van der Waals surface area contributed by atoms with Crippen LogP contribution in [0.2, 0.25) is 0 Å². The Labute approximate surface area is 74.9 Å². The molecule has 0 aromatic carbocycles. The Balaban J connectivity index is 2.06. The Kier molecular flexibility index (Phi) is 2.37. The fourth-order valence-corrected chi connectivity index (χ4v) is 2.45. The van der Waals surface area contributed by atoms with Crippen LogP contribution in [0.25, 0.3) is 0 Å². The molecule has 0 aromatic rings. The van der Waals surface area contributed by atoms with Gasteiger partial charge in [0.1, 0.15) is 0 Å². The lowest BCUT2D eigenvalue weighted by molar-refractivity contribution is 0.0828. The average molecular weight is 169 g/mol. The third-order valence-electron chi connectivity index (χ3n) is 3.17. The molecule has 2 atom stereocenters. The zero-order valence-electron chi connectivity index (χ0n) is 8.12. The van der Waals surface area contributed by atoms with Crippen molar-refractivity contribution in [1.29, 1.82) is 0 Å². The fourth-order valence-electron chi connectivity index (χ4n) is 2.45. The molecule has 3 fully saturated rings. The Hall–Kier alpha value is -0.0800. The maximum absolute atomic E-state index is 5.62. The molecular formula is C10H19NO. The zero-order chi connectivity index (χ0) is 8.55. The third-order valence-corrected chi connectivity index (χ3v) is 3.17. The monoisotopic (exact) mass is 169 g/mol. The Bertz CT molecular complexity index is 154. The highest BCUT2D eigenvalue weighted by molar-refractivity contribution is 4.85. The molecule has 1 unspecified atom stereocenters.